The summed E-state index contributed by atoms with van der Waals surface area (Å²) in [4.78, 5) is 33.1. The van der Waals surface area contributed by atoms with Gasteiger partial charge in [0.05, 0.1) is 27.9 Å². The third-order valence-electron chi connectivity index (χ3n) is 5.53. The van der Waals surface area contributed by atoms with E-state index >= 15 is 0 Å². The Morgan fingerprint density at radius 2 is 1.84 bits per heavy atom. The molecule has 0 N–H and O–H groups in total. The van der Waals surface area contributed by atoms with Crippen molar-refractivity contribution in [2.45, 2.75) is 6.92 Å². The van der Waals surface area contributed by atoms with Crippen molar-refractivity contribution in [2.75, 3.05) is 11.9 Å². The molecule has 1 aromatic heterocycles. The number of fused-ring (bicyclic) bond motifs is 2. The number of benzene rings is 3. The number of hydrogen-bond acceptors (Lipinski definition) is 3. The molecule has 0 radical (unpaired) electrons. The normalized spacial score (nSPS) is 14.4. The lowest BCUT2D eigenvalue weighted by Crippen LogP contribution is -2.23. The fraction of sp³-hybridized carbons (Fsp3) is 0.0800. The zero-order chi connectivity index (χ0) is 22.6. The number of hydrogen-bond donors (Lipinski definition) is 0. The summed E-state index contributed by atoms with van der Waals surface area (Å²) >= 11 is 5.69. The van der Waals surface area contributed by atoms with Gasteiger partial charge in [-0.05, 0) is 89.7 Å². The molecule has 1 aliphatic rings. The molecule has 7 heteroatoms. The molecule has 4 aromatic rings. The molecule has 0 saturated heterocycles. The number of rotatable bonds is 2. The van der Waals surface area contributed by atoms with E-state index in [0.29, 0.717) is 28.0 Å². The fourth-order valence-corrected chi connectivity index (χ4v) is 4.83. The second-order valence-electron chi connectivity index (χ2n) is 7.69. The Hall–Kier alpha value is -2.78. The van der Waals surface area contributed by atoms with Crippen LogP contribution in [0.3, 0.4) is 0 Å². The molecule has 0 bridgehead atoms. The molecule has 2 heterocycles. The highest BCUT2D eigenvalue weighted by Crippen LogP contribution is 2.38. The van der Waals surface area contributed by atoms with Crippen molar-refractivity contribution >= 4 is 72.7 Å². The molecule has 1 aliphatic heterocycles. The molecule has 0 aliphatic carbocycles. The van der Waals surface area contributed by atoms with Gasteiger partial charge in [-0.25, -0.2) is 4.98 Å². The van der Waals surface area contributed by atoms with Crippen molar-refractivity contribution in [3.63, 3.8) is 0 Å². The largest absolute Gasteiger partial charge is 0.311 e. The molecule has 158 valence electrons. The minimum atomic E-state index is -0.167. The second-order valence-corrected chi connectivity index (χ2v) is 9.86. The fourth-order valence-electron chi connectivity index (χ4n) is 3.98. The molecule has 0 spiro atoms. The zero-order valence-electron chi connectivity index (χ0n) is 17.3. The Morgan fingerprint density at radius 1 is 1.03 bits per heavy atom. The van der Waals surface area contributed by atoms with Gasteiger partial charge in [0.15, 0.2) is 0 Å². The predicted molar refractivity (Wildman–Crippen MR) is 140 cm³/mol. The van der Waals surface area contributed by atoms with E-state index in [0.717, 1.165) is 24.9 Å². The van der Waals surface area contributed by atoms with Gasteiger partial charge in [-0.15, -0.1) is 0 Å². The second kappa shape index (κ2) is 7.97. The van der Waals surface area contributed by atoms with E-state index in [1.54, 1.807) is 22.6 Å². The first kappa shape index (κ1) is 21.1. The molecule has 5 nitrogen and oxygen atoms in total. The van der Waals surface area contributed by atoms with E-state index < -0.39 is 0 Å². The average Bonchev–Trinajstić information content (AvgIpc) is 2.98. The summed E-state index contributed by atoms with van der Waals surface area (Å²) in [6, 6.07) is 19.0. The van der Waals surface area contributed by atoms with Gasteiger partial charge in [-0.1, -0.05) is 28.1 Å². The maximum Gasteiger partial charge on any atom is 0.266 e. The Morgan fingerprint density at radius 3 is 2.62 bits per heavy atom. The molecule has 1 amide bonds. The molecule has 0 saturated carbocycles. The van der Waals surface area contributed by atoms with E-state index in [-0.39, 0.29) is 11.5 Å². The van der Waals surface area contributed by atoms with Crippen LogP contribution in [0.25, 0.3) is 28.2 Å². The zero-order valence-corrected chi connectivity index (χ0v) is 21.0. The van der Waals surface area contributed by atoms with Crippen LogP contribution < -0.4 is 10.5 Å². The number of aryl methyl sites for hydroxylation is 1. The van der Waals surface area contributed by atoms with Crippen molar-refractivity contribution in [3.8, 4) is 5.69 Å². The van der Waals surface area contributed by atoms with Crippen LogP contribution in [0.2, 0.25) is 0 Å². The SMILES string of the molecule is Cc1cccc(-n2c(/C=C3\C(=O)N(C)c4ccc(Br)cc43)nc3ccc(I)cc3c2=O)c1. The van der Waals surface area contributed by atoms with Crippen molar-refractivity contribution in [2.24, 2.45) is 0 Å². The van der Waals surface area contributed by atoms with E-state index in [2.05, 4.69) is 38.5 Å². The Bertz CT molecular complexity index is 1520. The third-order valence-corrected chi connectivity index (χ3v) is 6.70. The number of carbonyl (C=O) groups is 1. The maximum absolute atomic E-state index is 13.6. The topological polar surface area (TPSA) is 55.2 Å². The van der Waals surface area contributed by atoms with E-state index in [4.69, 9.17) is 4.98 Å². The monoisotopic (exact) mass is 597 g/mol. The summed E-state index contributed by atoms with van der Waals surface area (Å²) in [5, 5.41) is 0.540. The number of likely N-dealkylation sites (N-methyl/N-ethyl adjacent to an activating group) is 1. The van der Waals surface area contributed by atoms with Crippen LogP contribution in [0.1, 0.15) is 17.0 Å². The van der Waals surface area contributed by atoms with Crippen LogP contribution in [-0.2, 0) is 4.79 Å². The smallest absolute Gasteiger partial charge is 0.266 e. The number of amides is 1. The van der Waals surface area contributed by atoms with Crippen LogP contribution in [0.15, 0.2) is 69.9 Å². The summed E-state index contributed by atoms with van der Waals surface area (Å²) in [6.07, 6.45) is 1.72. The van der Waals surface area contributed by atoms with Crippen molar-refractivity contribution in [1.82, 2.24) is 9.55 Å². The Labute approximate surface area is 206 Å². The molecular formula is C25H17BrIN3O2. The quantitative estimate of drug-likeness (QED) is 0.224. The van der Waals surface area contributed by atoms with Gasteiger partial charge in [-0.2, -0.15) is 0 Å². The molecule has 5 rings (SSSR count). The Kier molecular flexibility index (Phi) is 5.25. The molecular weight excluding hydrogens is 581 g/mol. The highest BCUT2D eigenvalue weighted by atomic mass is 127. The summed E-state index contributed by atoms with van der Waals surface area (Å²) in [6.45, 7) is 1.98. The lowest BCUT2D eigenvalue weighted by molar-refractivity contribution is -0.112. The van der Waals surface area contributed by atoms with Crippen LogP contribution in [0.4, 0.5) is 5.69 Å². The van der Waals surface area contributed by atoms with E-state index in [1.165, 1.54) is 0 Å². The van der Waals surface area contributed by atoms with Gasteiger partial charge >= 0.3 is 0 Å². The first-order valence-electron chi connectivity index (χ1n) is 9.92. The van der Waals surface area contributed by atoms with Crippen molar-refractivity contribution in [3.05, 3.63) is 96.0 Å². The number of anilines is 1. The number of halogens is 2. The molecule has 0 atom stereocenters. The van der Waals surface area contributed by atoms with Gasteiger partial charge in [0.1, 0.15) is 5.82 Å². The molecule has 3 aromatic carbocycles. The number of carbonyl (C=O) groups excluding carboxylic acids is 1. The summed E-state index contributed by atoms with van der Waals surface area (Å²) in [5.41, 5.74) is 4.30. The standard InChI is InChI=1S/C25H17BrIN3O2/c1-14-4-3-5-17(10-14)30-23(28-21-8-7-16(27)12-20(21)25(30)32)13-19-18-11-15(26)6-9-22(18)29(2)24(19)31/h3-13H,1-2H3/b19-13-. The Balaban J connectivity index is 1.84. The number of aromatic nitrogens is 2. The van der Waals surface area contributed by atoms with E-state index in [9.17, 15) is 9.59 Å². The molecule has 32 heavy (non-hydrogen) atoms. The first-order valence-corrected chi connectivity index (χ1v) is 11.8. The van der Waals surface area contributed by atoms with Crippen molar-refractivity contribution in [1.29, 1.82) is 0 Å². The summed E-state index contributed by atoms with van der Waals surface area (Å²) in [7, 11) is 1.75. The molecule has 0 fully saturated rings. The molecule has 0 unspecified atom stereocenters. The lowest BCUT2D eigenvalue weighted by Gasteiger charge is -2.13. The summed E-state index contributed by atoms with van der Waals surface area (Å²) < 4.78 is 3.42. The first-order chi connectivity index (χ1) is 15.3. The highest BCUT2D eigenvalue weighted by Gasteiger charge is 2.30. The lowest BCUT2D eigenvalue weighted by atomic mass is 10.1. The maximum atomic E-state index is 13.6. The van der Waals surface area contributed by atoms with E-state index in [1.807, 2.05) is 67.6 Å². The van der Waals surface area contributed by atoms with Crippen LogP contribution in [-0.4, -0.2) is 22.5 Å². The number of nitrogens with zero attached hydrogens (tertiary/aromatic N) is 3. The van der Waals surface area contributed by atoms with Crippen LogP contribution >= 0.6 is 38.5 Å². The van der Waals surface area contributed by atoms with Gasteiger partial charge in [0.25, 0.3) is 11.5 Å². The van der Waals surface area contributed by atoms with Crippen LogP contribution in [0, 0.1) is 10.5 Å². The van der Waals surface area contributed by atoms with Crippen LogP contribution in [0.5, 0.6) is 0 Å². The van der Waals surface area contributed by atoms with Gasteiger partial charge in [0.2, 0.25) is 0 Å². The van der Waals surface area contributed by atoms with Gasteiger partial charge in [0, 0.05) is 20.7 Å². The van der Waals surface area contributed by atoms with Gasteiger partial charge in [-0.3, -0.25) is 14.2 Å². The minimum absolute atomic E-state index is 0.133. The third kappa shape index (κ3) is 3.49. The summed E-state index contributed by atoms with van der Waals surface area (Å²) in [5.74, 6) is 0.282. The average molecular weight is 598 g/mol. The van der Waals surface area contributed by atoms with Crippen molar-refractivity contribution < 1.29 is 4.79 Å². The predicted octanol–water partition coefficient (Wildman–Crippen LogP) is 5.58. The minimum Gasteiger partial charge on any atom is -0.311 e. The highest BCUT2D eigenvalue weighted by molar-refractivity contribution is 14.1. The van der Waals surface area contributed by atoms with Gasteiger partial charge < -0.3 is 4.90 Å².